The molecule has 7 heteroatoms. The van der Waals surface area contributed by atoms with Crippen LogP contribution in [0.1, 0.15) is 42.4 Å². The standard InChI is InChI=1S/C28H31N5OS/c29-19-22-1-3-24(4-2-22)21-31-13-9-26(10-14-31)33-17-18-35-28(33)34-27-11-15-32(16-12-27)25-7-5-23(20-30)6-8-25/h1-8,17-18,26-28H,9-16,21H2. The van der Waals surface area contributed by atoms with Crippen molar-refractivity contribution in [2.45, 2.75) is 49.9 Å². The van der Waals surface area contributed by atoms with Crippen LogP contribution in [0.4, 0.5) is 5.69 Å². The number of benzene rings is 2. The highest BCUT2D eigenvalue weighted by Gasteiger charge is 2.33. The van der Waals surface area contributed by atoms with E-state index < -0.39 is 0 Å². The van der Waals surface area contributed by atoms with E-state index in [1.54, 1.807) is 11.8 Å². The largest absolute Gasteiger partial charge is 0.371 e. The summed E-state index contributed by atoms with van der Waals surface area (Å²) in [4.78, 5) is 7.35. The summed E-state index contributed by atoms with van der Waals surface area (Å²) in [5.41, 5.74) is 3.97. The van der Waals surface area contributed by atoms with Crippen LogP contribution in [-0.4, -0.2) is 53.7 Å². The SMILES string of the molecule is N#Cc1ccc(CN2CCC(N3C=CSC3OC3CCN(c4ccc(C#N)cc4)CC3)CC2)cc1. The third kappa shape index (κ3) is 5.82. The Labute approximate surface area is 212 Å². The van der Waals surface area contributed by atoms with Crippen molar-refractivity contribution in [1.29, 1.82) is 10.5 Å². The van der Waals surface area contributed by atoms with Crippen LogP contribution in [-0.2, 0) is 11.3 Å². The van der Waals surface area contributed by atoms with Crippen LogP contribution in [0.25, 0.3) is 0 Å². The monoisotopic (exact) mass is 485 g/mol. The number of ether oxygens (including phenoxy) is 1. The van der Waals surface area contributed by atoms with E-state index in [2.05, 4.69) is 50.6 Å². The summed E-state index contributed by atoms with van der Waals surface area (Å²) in [7, 11) is 0. The molecule has 0 amide bonds. The van der Waals surface area contributed by atoms with Crippen molar-refractivity contribution in [3.05, 3.63) is 76.8 Å². The minimum absolute atomic E-state index is 0.0801. The molecule has 1 atom stereocenters. The number of nitrogens with zero attached hydrogens (tertiary/aromatic N) is 5. The number of rotatable bonds is 6. The summed E-state index contributed by atoms with van der Waals surface area (Å²) in [6.45, 7) is 5.07. The van der Waals surface area contributed by atoms with Crippen molar-refractivity contribution in [2.75, 3.05) is 31.1 Å². The molecule has 5 rings (SSSR count). The van der Waals surface area contributed by atoms with E-state index >= 15 is 0 Å². The molecule has 0 bridgehead atoms. The van der Waals surface area contributed by atoms with Gasteiger partial charge in [-0.05, 0) is 73.1 Å². The van der Waals surface area contributed by atoms with Gasteiger partial charge < -0.3 is 14.5 Å². The third-order valence-electron chi connectivity index (χ3n) is 7.25. The number of hydrogen-bond donors (Lipinski definition) is 0. The van der Waals surface area contributed by atoms with Crippen LogP contribution in [0.3, 0.4) is 0 Å². The molecule has 2 aromatic rings. The van der Waals surface area contributed by atoms with Gasteiger partial charge in [-0.1, -0.05) is 23.9 Å². The lowest BCUT2D eigenvalue weighted by Gasteiger charge is -2.41. The van der Waals surface area contributed by atoms with E-state index in [1.165, 1.54) is 11.3 Å². The quantitative estimate of drug-likeness (QED) is 0.577. The summed E-state index contributed by atoms with van der Waals surface area (Å²) >= 11 is 1.78. The smallest absolute Gasteiger partial charge is 0.182 e. The average Bonchev–Trinajstić information content (AvgIpc) is 3.38. The fourth-order valence-electron chi connectivity index (χ4n) is 5.19. The predicted molar refractivity (Wildman–Crippen MR) is 139 cm³/mol. The van der Waals surface area contributed by atoms with Crippen molar-refractivity contribution in [3.8, 4) is 12.1 Å². The first-order valence-corrected chi connectivity index (χ1v) is 13.4. The van der Waals surface area contributed by atoms with Crippen LogP contribution >= 0.6 is 11.8 Å². The minimum atomic E-state index is 0.0801. The molecule has 0 saturated carbocycles. The van der Waals surface area contributed by atoms with Gasteiger partial charge in [0.1, 0.15) is 0 Å². The first kappa shape index (κ1) is 23.8. The molecule has 6 nitrogen and oxygen atoms in total. The number of nitriles is 2. The molecule has 1 unspecified atom stereocenters. The first-order valence-electron chi connectivity index (χ1n) is 12.4. The van der Waals surface area contributed by atoms with Crippen molar-refractivity contribution < 1.29 is 4.74 Å². The van der Waals surface area contributed by atoms with E-state index in [-0.39, 0.29) is 11.7 Å². The highest BCUT2D eigenvalue weighted by Crippen LogP contribution is 2.34. The van der Waals surface area contributed by atoms with Gasteiger partial charge in [0, 0.05) is 50.7 Å². The van der Waals surface area contributed by atoms with E-state index in [9.17, 15) is 0 Å². The topological polar surface area (TPSA) is 66.5 Å². The van der Waals surface area contributed by atoms with Crippen LogP contribution in [0.15, 0.2) is 60.1 Å². The third-order valence-corrected chi connectivity index (χ3v) is 8.12. The summed E-state index contributed by atoms with van der Waals surface area (Å²) in [6.07, 6.45) is 6.82. The molecule has 2 fully saturated rings. The van der Waals surface area contributed by atoms with Crippen molar-refractivity contribution in [2.24, 2.45) is 0 Å². The van der Waals surface area contributed by atoms with Gasteiger partial charge in [-0.3, -0.25) is 4.90 Å². The maximum atomic E-state index is 9.01. The highest BCUT2D eigenvalue weighted by atomic mass is 32.2. The summed E-state index contributed by atoms with van der Waals surface area (Å²) < 4.78 is 6.60. The first-order chi connectivity index (χ1) is 17.2. The number of piperidine rings is 2. The molecule has 2 aromatic carbocycles. The van der Waals surface area contributed by atoms with Gasteiger partial charge in [0.2, 0.25) is 0 Å². The molecule has 0 radical (unpaired) electrons. The van der Waals surface area contributed by atoms with E-state index in [0.717, 1.165) is 64.0 Å². The Morgan fingerprint density at radius 1 is 0.829 bits per heavy atom. The van der Waals surface area contributed by atoms with E-state index in [0.29, 0.717) is 11.6 Å². The molecule has 0 aliphatic carbocycles. The van der Waals surface area contributed by atoms with Crippen molar-refractivity contribution in [3.63, 3.8) is 0 Å². The molecule has 2 saturated heterocycles. The number of anilines is 1. The van der Waals surface area contributed by atoms with Crippen LogP contribution < -0.4 is 4.90 Å². The maximum Gasteiger partial charge on any atom is 0.182 e. The lowest BCUT2D eigenvalue weighted by molar-refractivity contribution is -0.0557. The molecule has 3 heterocycles. The Kier molecular flexibility index (Phi) is 7.59. The molecule has 0 spiro atoms. The van der Waals surface area contributed by atoms with Crippen molar-refractivity contribution >= 4 is 17.4 Å². The van der Waals surface area contributed by atoms with Gasteiger partial charge in [0.15, 0.2) is 5.56 Å². The zero-order valence-corrected chi connectivity index (χ0v) is 20.7. The highest BCUT2D eigenvalue weighted by molar-refractivity contribution is 8.02. The predicted octanol–water partition coefficient (Wildman–Crippen LogP) is 4.88. The molecule has 3 aliphatic rings. The summed E-state index contributed by atoms with van der Waals surface area (Å²) in [6, 6.07) is 20.7. The Hall–Kier alpha value is -2.97. The Bertz CT molecular complexity index is 1090. The van der Waals surface area contributed by atoms with Gasteiger partial charge in [-0.25, -0.2) is 0 Å². The average molecular weight is 486 g/mol. The van der Waals surface area contributed by atoms with E-state index in [4.69, 9.17) is 15.3 Å². The second-order valence-corrected chi connectivity index (χ2v) is 10.4. The Morgan fingerprint density at radius 3 is 2.09 bits per heavy atom. The number of hydrogen-bond acceptors (Lipinski definition) is 7. The van der Waals surface area contributed by atoms with Crippen LogP contribution in [0.2, 0.25) is 0 Å². The number of thioether (sulfide) groups is 1. The minimum Gasteiger partial charge on any atom is -0.371 e. The zero-order chi connectivity index (χ0) is 24.0. The molecule has 35 heavy (non-hydrogen) atoms. The lowest BCUT2D eigenvalue weighted by Crippen LogP contribution is -2.47. The second-order valence-electron chi connectivity index (χ2n) is 9.47. The van der Waals surface area contributed by atoms with Gasteiger partial charge in [0.05, 0.1) is 29.4 Å². The fraction of sp³-hybridized carbons (Fsp3) is 0.429. The molecule has 3 aliphatic heterocycles. The molecule has 180 valence electrons. The Balaban J connectivity index is 1.08. The maximum absolute atomic E-state index is 9.01. The summed E-state index contributed by atoms with van der Waals surface area (Å²) in [5.74, 6) is 0. The molecular weight excluding hydrogens is 454 g/mol. The van der Waals surface area contributed by atoms with Gasteiger partial charge in [0.25, 0.3) is 0 Å². The second kappa shape index (κ2) is 11.2. The zero-order valence-electron chi connectivity index (χ0n) is 19.9. The van der Waals surface area contributed by atoms with E-state index in [1.807, 2.05) is 36.4 Å². The Morgan fingerprint density at radius 2 is 1.46 bits per heavy atom. The molecule has 0 aromatic heterocycles. The number of likely N-dealkylation sites (tertiary alicyclic amines) is 1. The van der Waals surface area contributed by atoms with Gasteiger partial charge in [-0.2, -0.15) is 10.5 Å². The van der Waals surface area contributed by atoms with Gasteiger partial charge >= 0.3 is 0 Å². The molecular formula is C28H31N5OS. The van der Waals surface area contributed by atoms with Crippen LogP contribution in [0.5, 0.6) is 0 Å². The molecule has 0 N–H and O–H groups in total. The van der Waals surface area contributed by atoms with Gasteiger partial charge in [-0.15, -0.1) is 0 Å². The fourth-order valence-corrected chi connectivity index (χ4v) is 6.14. The summed E-state index contributed by atoms with van der Waals surface area (Å²) in [5, 5.41) is 20.2. The van der Waals surface area contributed by atoms with Crippen molar-refractivity contribution in [1.82, 2.24) is 9.80 Å². The normalized spacial score (nSPS) is 21.7. The lowest BCUT2D eigenvalue weighted by atomic mass is 10.0. The van der Waals surface area contributed by atoms with Crippen LogP contribution in [0, 0.1) is 22.7 Å².